The summed E-state index contributed by atoms with van der Waals surface area (Å²) in [7, 11) is 1.55. The standard InChI is InChI=1S/C17H28O6.C6H13N/c1-16(2,3)23-14(18)13(12-22-10-9-21-4)11-17(15(19)20)7-5-6-8-17;7-6-4-2-1-3-5-6/h12H,5-11H2,1-4H3,(H,19,20);6H,1-5,7H2/b13-12-;. The van der Waals surface area contributed by atoms with Crippen LogP contribution in [0.25, 0.3) is 0 Å². The largest absolute Gasteiger partial charge is 0.550 e. The highest BCUT2D eigenvalue weighted by Gasteiger charge is 2.38. The first-order chi connectivity index (χ1) is 14.1. The Morgan fingerprint density at radius 2 is 1.67 bits per heavy atom. The molecule has 174 valence electrons. The molecule has 7 heteroatoms. The molecule has 2 rings (SSSR count). The second-order valence-electron chi connectivity index (χ2n) is 9.46. The topological polar surface area (TPSA) is 113 Å². The minimum Gasteiger partial charge on any atom is -0.550 e. The van der Waals surface area contributed by atoms with E-state index >= 15 is 0 Å². The number of carbonyl (C=O) groups excluding carboxylic acids is 2. The van der Waals surface area contributed by atoms with Gasteiger partial charge in [-0.1, -0.05) is 19.3 Å². The van der Waals surface area contributed by atoms with Gasteiger partial charge >= 0.3 is 5.97 Å². The maximum atomic E-state index is 12.4. The first-order valence-electron chi connectivity index (χ1n) is 11.2. The predicted molar refractivity (Wildman–Crippen MR) is 112 cm³/mol. The molecule has 0 unspecified atom stereocenters. The monoisotopic (exact) mass is 427 g/mol. The van der Waals surface area contributed by atoms with Gasteiger partial charge in [0.15, 0.2) is 0 Å². The molecule has 0 amide bonds. The van der Waals surface area contributed by atoms with Crippen molar-refractivity contribution < 1.29 is 34.6 Å². The molecule has 0 atom stereocenters. The summed E-state index contributed by atoms with van der Waals surface area (Å²) >= 11 is 0. The van der Waals surface area contributed by atoms with Crippen LogP contribution in [-0.2, 0) is 23.8 Å². The van der Waals surface area contributed by atoms with Crippen LogP contribution in [-0.4, -0.2) is 43.9 Å². The highest BCUT2D eigenvalue weighted by atomic mass is 16.6. The van der Waals surface area contributed by atoms with Crippen molar-refractivity contribution in [2.24, 2.45) is 5.41 Å². The molecule has 2 aliphatic carbocycles. The van der Waals surface area contributed by atoms with E-state index in [-0.39, 0.29) is 18.6 Å². The molecule has 0 aliphatic heterocycles. The number of hydrogen-bond donors (Lipinski definition) is 1. The van der Waals surface area contributed by atoms with Gasteiger partial charge in [0.2, 0.25) is 0 Å². The van der Waals surface area contributed by atoms with Crippen LogP contribution in [0.5, 0.6) is 0 Å². The van der Waals surface area contributed by atoms with Gasteiger partial charge in [0.25, 0.3) is 0 Å². The van der Waals surface area contributed by atoms with E-state index in [2.05, 4.69) is 5.73 Å². The molecule has 2 saturated carbocycles. The summed E-state index contributed by atoms with van der Waals surface area (Å²) in [5.41, 5.74) is 2.56. The van der Waals surface area contributed by atoms with Crippen molar-refractivity contribution in [3.05, 3.63) is 11.8 Å². The average Bonchev–Trinajstić information content (AvgIpc) is 3.14. The van der Waals surface area contributed by atoms with Gasteiger partial charge in [0, 0.05) is 18.5 Å². The molecule has 0 aromatic carbocycles. The Hall–Kier alpha value is -1.60. The first kappa shape index (κ1) is 26.4. The third-order valence-corrected chi connectivity index (χ3v) is 5.54. The van der Waals surface area contributed by atoms with Gasteiger partial charge in [-0.2, -0.15) is 0 Å². The Kier molecular flexibility index (Phi) is 11.4. The van der Waals surface area contributed by atoms with Crippen LogP contribution in [0.3, 0.4) is 0 Å². The fraction of sp³-hybridized carbons (Fsp3) is 0.826. The Morgan fingerprint density at radius 3 is 2.10 bits per heavy atom. The van der Waals surface area contributed by atoms with E-state index in [1.54, 1.807) is 27.9 Å². The zero-order valence-corrected chi connectivity index (χ0v) is 19.3. The molecule has 7 nitrogen and oxygen atoms in total. The van der Waals surface area contributed by atoms with Gasteiger partial charge in [-0.15, -0.1) is 0 Å². The Morgan fingerprint density at radius 1 is 1.07 bits per heavy atom. The van der Waals surface area contributed by atoms with Crippen LogP contribution >= 0.6 is 0 Å². The van der Waals surface area contributed by atoms with Gasteiger partial charge < -0.3 is 29.8 Å². The minimum atomic E-state index is -1.11. The van der Waals surface area contributed by atoms with Crippen molar-refractivity contribution in [3.8, 4) is 0 Å². The van der Waals surface area contributed by atoms with Crippen LogP contribution in [0.15, 0.2) is 11.8 Å². The van der Waals surface area contributed by atoms with Crippen LogP contribution in [0.2, 0.25) is 0 Å². The molecular formula is C23H41NO6. The average molecular weight is 428 g/mol. The quantitative estimate of drug-likeness (QED) is 0.275. The third-order valence-electron chi connectivity index (χ3n) is 5.54. The molecule has 0 spiro atoms. The summed E-state index contributed by atoms with van der Waals surface area (Å²) in [5.74, 6) is -1.66. The summed E-state index contributed by atoms with van der Waals surface area (Å²) in [6, 6.07) is 0.786. The van der Waals surface area contributed by atoms with Crippen LogP contribution in [0, 0.1) is 5.41 Å². The lowest BCUT2D eigenvalue weighted by Crippen LogP contribution is -2.61. The zero-order chi connectivity index (χ0) is 22.6. The fourth-order valence-corrected chi connectivity index (χ4v) is 3.85. The van der Waals surface area contributed by atoms with Crippen molar-refractivity contribution in [1.82, 2.24) is 0 Å². The molecule has 0 heterocycles. The second-order valence-corrected chi connectivity index (χ2v) is 9.46. The highest BCUT2D eigenvalue weighted by molar-refractivity contribution is 5.90. The summed E-state index contributed by atoms with van der Waals surface area (Å²) in [4.78, 5) is 24.0. The predicted octanol–water partition coefficient (Wildman–Crippen LogP) is 2.14. The fourth-order valence-electron chi connectivity index (χ4n) is 3.85. The highest BCUT2D eigenvalue weighted by Crippen LogP contribution is 2.43. The van der Waals surface area contributed by atoms with E-state index in [0.29, 0.717) is 19.4 Å². The zero-order valence-electron chi connectivity index (χ0n) is 19.3. The van der Waals surface area contributed by atoms with Crippen molar-refractivity contribution in [2.75, 3.05) is 20.3 Å². The van der Waals surface area contributed by atoms with E-state index in [9.17, 15) is 14.7 Å². The maximum absolute atomic E-state index is 12.4. The number of esters is 1. The van der Waals surface area contributed by atoms with Crippen LogP contribution in [0.4, 0.5) is 0 Å². The van der Waals surface area contributed by atoms with Gasteiger partial charge in [-0.25, -0.2) is 4.79 Å². The summed E-state index contributed by atoms with van der Waals surface area (Å²) in [6.45, 7) is 5.94. The molecule has 0 aromatic heterocycles. The number of ether oxygens (including phenoxy) is 3. The van der Waals surface area contributed by atoms with Gasteiger partial charge in [0.1, 0.15) is 12.2 Å². The molecule has 0 radical (unpaired) electrons. The van der Waals surface area contributed by atoms with Crippen molar-refractivity contribution in [2.45, 2.75) is 96.6 Å². The van der Waals surface area contributed by atoms with Crippen molar-refractivity contribution in [3.63, 3.8) is 0 Å². The molecular weight excluding hydrogens is 386 g/mol. The molecule has 0 saturated heterocycles. The van der Waals surface area contributed by atoms with E-state index < -0.39 is 23.0 Å². The van der Waals surface area contributed by atoms with Gasteiger partial charge in [-0.3, -0.25) is 0 Å². The van der Waals surface area contributed by atoms with Gasteiger partial charge in [0.05, 0.1) is 24.5 Å². The Labute approximate surface area is 181 Å². The Balaban J connectivity index is 0.000000539. The minimum absolute atomic E-state index is 0.0667. The number of hydrogen-bond acceptors (Lipinski definition) is 6. The number of carbonyl (C=O) groups is 2. The van der Waals surface area contributed by atoms with Gasteiger partial charge in [-0.05, 0) is 65.7 Å². The Bertz CT molecular complexity index is 555. The van der Waals surface area contributed by atoms with Crippen molar-refractivity contribution >= 4 is 11.9 Å². The lowest BCUT2D eigenvalue weighted by atomic mass is 9.80. The number of carboxylic acid groups (broad SMARTS) is 1. The van der Waals surface area contributed by atoms with E-state index in [1.165, 1.54) is 38.4 Å². The van der Waals surface area contributed by atoms with Crippen molar-refractivity contribution in [1.29, 1.82) is 0 Å². The van der Waals surface area contributed by atoms with Crippen LogP contribution in [0.1, 0.15) is 85.0 Å². The molecule has 30 heavy (non-hydrogen) atoms. The summed E-state index contributed by atoms with van der Waals surface area (Å²) in [6.07, 6.45) is 11.1. The number of carboxylic acids is 1. The molecule has 3 N–H and O–H groups in total. The number of quaternary nitrogens is 1. The molecule has 0 aromatic rings. The lowest BCUT2D eigenvalue weighted by Gasteiger charge is -2.31. The summed E-state index contributed by atoms with van der Waals surface area (Å²) in [5, 5.41) is 11.6. The number of methoxy groups -OCH3 is 1. The SMILES string of the molecule is COCCO/C=C(/CC1(C(=O)[O-])CCCC1)C(=O)OC(C)(C)C.[NH3+]C1CCCCC1. The molecule has 0 bridgehead atoms. The second kappa shape index (κ2) is 13.0. The third kappa shape index (κ3) is 9.94. The summed E-state index contributed by atoms with van der Waals surface area (Å²) < 4.78 is 15.5. The maximum Gasteiger partial charge on any atom is 0.337 e. The van der Waals surface area contributed by atoms with E-state index in [1.807, 2.05) is 0 Å². The van der Waals surface area contributed by atoms with E-state index in [4.69, 9.17) is 14.2 Å². The number of aliphatic carboxylic acids is 1. The normalized spacial score (nSPS) is 19.6. The smallest absolute Gasteiger partial charge is 0.337 e. The number of rotatable bonds is 8. The molecule has 2 aliphatic rings. The molecule has 2 fully saturated rings. The van der Waals surface area contributed by atoms with E-state index in [0.717, 1.165) is 18.9 Å². The first-order valence-corrected chi connectivity index (χ1v) is 11.2. The van der Waals surface area contributed by atoms with Crippen LogP contribution < -0.4 is 10.8 Å². The lowest BCUT2D eigenvalue weighted by molar-refractivity contribution is -0.425.